The van der Waals surface area contributed by atoms with E-state index in [0.717, 1.165) is 35.3 Å². The molecule has 2 aromatic heterocycles. The summed E-state index contributed by atoms with van der Waals surface area (Å²) in [7, 11) is 0. The number of nitrogens with zero attached hydrogens (tertiary/aromatic N) is 4. The van der Waals surface area contributed by atoms with Crippen molar-refractivity contribution in [2.24, 2.45) is 0 Å². The molecule has 0 saturated heterocycles. The standard InChI is InChI=1S/C19H24ClN5/c1-6-14(7-2)15-10-21-25-18(15)22-13(5)23-19(25)24-17-12(4)8-11(3)9-16(17)20/h8-10,14H,6-7H2,1-5H3,(H,22,23,24). The molecule has 0 aliphatic heterocycles. The van der Waals surface area contributed by atoms with Gasteiger partial charge >= 0.3 is 0 Å². The first-order valence-corrected chi connectivity index (χ1v) is 9.08. The molecule has 132 valence electrons. The van der Waals surface area contributed by atoms with Crippen LogP contribution >= 0.6 is 11.6 Å². The fourth-order valence-corrected chi connectivity index (χ4v) is 3.65. The van der Waals surface area contributed by atoms with E-state index in [2.05, 4.69) is 40.3 Å². The average molecular weight is 358 g/mol. The summed E-state index contributed by atoms with van der Waals surface area (Å²) in [6.45, 7) is 10.4. The number of nitrogens with one attached hydrogen (secondary N) is 1. The van der Waals surface area contributed by atoms with Gasteiger partial charge in [0.2, 0.25) is 5.95 Å². The zero-order chi connectivity index (χ0) is 18.1. The fraction of sp³-hybridized carbons (Fsp3) is 0.421. The van der Waals surface area contributed by atoms with E-state index in [9.17, 15) is 0 Å². The van der Waals surface area contributed by atoms with Gasteiger partial charge in [-0.1, -0.05) is 31.5 Å². The van der Waals surface area contributed by atoms with Crippen LogP contribution in [0.3, 0.4) is 0 Å². The van der Waals surface area contributed by atoms with Crippen molar-refractivity contribution in [1.82, 2.24) is 19.6 Å². The molecule has 0 aliphatic rings. The van der Waals surface area contributed by atoms with Crippen LogP contribution in [0.1, 0.15) is 55.1 Å². The molecule has 0 spiro atoms. The second-order valence-corrected chi connectivity index (χ2v) is 6.91. The molecule has 5 nitrogen and oxygen atoms in total. The molecule has 25 heavy (non-hydrogen) atoms. The van der Waals surface area contributed by atoms with E-state index >= 15 is 0 Å². The van der Waals surface area contributed by atoms with E-state index in [1.807, 2.05) is 33.0 Å². The number of benzene rings is 1. The van der Waals surface area contributed by atoms with Gasteiger partial charge < -0.3 is 5.32 Å². The number of aromatic nitrogens is 4. The molecule has 0 amide bonds. The quantitative estimate of drug-likeness (QED) is 0.668. The van der Waals surface area contributed by atoms with E-state index in [0.29, 0.717) is 22.7 Å². The molecule has 0 aliphatic carbocycles. The first-order chi connectivity index (χ1) is 11.9. The molecule has 0 bridgehead atoms. The Hall–Kier alpha value is -2.14. The molecule has 0 unspecified atom stereocenters. The predicted octanol–water partition coefficient (Wildman–Crippen LogP) is 5.35. The minimum absolute atomic E-state index is 0.448. The first-order valence-electron chi connectivity index (χ1n) is 8.70. The smallest absolute Gasteiger partial charge is 0.232 e. The van der Waals surface area contributed by atoms with E-state index in [4.69, 9.17) is 11.6 Å². The van der Waals surface area contributed by atoms with E-state index in [1.54, 1.807) is 4.52 Å². The molecule has 2 heterocycles. The Morgan fingerprint density at radius 3 is 2.48 bits per heavy atom. The van der Waals surface area contributed by atoms with Crippen molar-refractivity contribution in [3.8, 4) is 0 Å². The second kappa shape index (κ2) is 7.00. The summed E-state index contributed by atoms with van der Waals surface area (Å²) in [6.07, 6.45) is 4.04. The Balaban J connectivity index is 2.12. The third-order valence-corrected chi connectivity index (χ3v) is 4.90. The van der Waals surface area contributed by atoms with Crippen LogP contribution < -0.4 is 5.32 Å². The van der Waals surface area contributed by atoms with Crippen LogP contribution in [-0.2, 0) is 0 Å². The van der Waals surface area contributed by atoms with E-state index in [-0.39, 0.29) is 0 Å². The number of anilines is 2. The van der Waals surface area contributed by atoms with Crippen molar-refractivity contribution in [2.45, 2.75) is 53.4 Å². The van der Waals surface area contributed by atoms with E-state index < -0.39 is 0 Å². The molecule has 1 N–H and O–H groups in total. The molecule has 1 aromatic carbocycles. The van der Waals surface area contributed by atoms with Crippen molar-refractivity contribution in [3.63, 3.8) is 0 Å². The molecule has 0 radical (unpaired) electrons. The minimum atomic E-state index is 0.448. The molecule has 0 fully saturated rings. The first kappa shape index (κ1) is 17.7. The van der Waals surface area contributed by atoms with Gasteiger partial charge in [-0.2, -0.15) is 14.6 Å². The second-order valence-electron chi connectivity index (χ2n) is 6.51. The molecule has 3 rings (SSSR count). The van der Waals surface area contributed by atoms with Gasteiger partial charge in [-0.05, 0) is 56.7 Å². The maximum Gasteiger partial charge on any atom is 0.232 e. The molecular formula is C19H24ClN5. The molecular weight excluding hydrogens is 334 g/mol. The third kappa shape index (κ3) is 3.33. The van der Waals surface area contributed by atoms with E-state index in [1.165, 1.54) is 5.56 Å². The Bertz CT molecular complexity index is 889. The Morgan fingerprint density at radius 1 is 1.12 bits per heavy atom. The number of aryl methyl sites for hydroxylation is 3. The van der Waals surface area contributed by atoms with Crippen LogP contribution in [0.25, 0.3) is 5.65 Å². The average Bonchev–Trinajstić information content (AvgIpc) is 2.96. The van der Waals surface area contributed by atoms with Crippen LogP contribution in [0.15, 0.2) is 18.3 Å². The van der Waals surface area contributed by atoms with Crippen molar-refractivity contribution in [3.05, 3.63) is 45.9 Å². The zero-order valence-corrected chi connectivity index (χ0v) is 16.1. The summed E-state index contributed by atoms with van der Waals surface area (Å²) in [4.78, 5) is 9.18. The summed E-state index contributed by atoms with van der Waals surface area (Å²) in [5.74, 6) is 1.79. The SMILES string of the molecule is CCC(CC)c1cnn2c(Nc3c(C)cc(C)cc3Cl)nc(C)nc12. The molecule has 0 saturated carbocycles. The summed E-state index contributed by atoms with van der Waals surface area (Å²) in [5, 5.41) is 8.57. The fourth-order valence-electron chi connectivity index (χ4n) is 3.28. The van der Waals surface area contributed by atoms with Gasteiger partial charge in [-0.15, -0.1) is 0 Å². The number of hydrogen-bond donors (Lipinski definition) is 1. The summed E-state index contributed by atoms with van der Waals surface area (Å²) < 4.78 is 1.77. The largest absolute Gasteiger partial charge is 0.322 e. The monoisotopic (exact) mass is 357 g/mol. The van der Waals surface area contributed by atoms with Crippen LogP contribution in [0.4, 0.5) is 11.6 Å². The summed E-state index contributed by atoms with van der Waals surface area (Å²) in [5.41, 5.74) is 5.09. The lowest BCUT2D eigenvalue weighted by molar-refractivity contribution is 0.645. The van der Waals surface area contributed by atoms with Gasteiger partial charge in [0.15, 0.2) is 5.65 Å². The number of rotatable bonds is 5. The van der Waals surface area contributed by atoms with Gasteiger partial charge in [0.1, 0.15) is 5.82 Å². The molecule has 6 heteroatoms. The third-order valence-electron chi connectivity index (χ3n) is 4.60. The lowest BCUT2D eigenvalue weighted by Crippen LogP contribution is -2.08. The maximum absolute atomic E-state index is 6.44. The molecule has 0 atom stereocenters. The van der Waals surface area contributed by atoms with Gasteiger partial charge in [0, 0.05) is 5.56 Å². The van der Waals surface area contributed by atoms with Gasteiger partial charge in [-0.25, -0.2) is 4.98 Å². The maximum atomic E-state index is 6.44. The summed E-state index contributed by atoms with van der Waals surface area (Å²) in [6, 6.07) is 4.04. The number of hydrogen-bond acceptors (Lipinski definition) is 4. The normalized spacial score (nSPS) is 11.5. The van der Waals surface area contributed by atoms with Crippen LogP contribution in [0, 0.1) is 20.8 Å². The van der Waals surface area contributed by atoms with Gasteiger partial charge in [0.25, 0.3) is 0 Å². The van der Waals surface area contributed by atoms with Crippen molar-refractivity contribution in [2.75, 3.05) is 5.32 Å². The highest BCUT2D eigenvalue weighted by Crippen LogP contribution is 2.31. The van der Waals surface area contributed by atoms with Crippen molar-refractivity contribution < 1.29 is 0 Å². The van der Waals surface area contributed by atoms with Gasteiger partial charge in [0.05, 0.1) is 16.9 Å². The van der Waals surface area contributed by atoms with Crippen LogP contribution in [-0.4, -0.2) is 19.6 Å². The predicted molar refractivity (Wildman–Crippen MR) is 103 cm³/mol. The highest BCUT2D eigenvalue weighted by molar-refractivity contribution is 6.33. The Labute approximate surface area is 153 Å². The Morgan fingerprint density at radius 2 is 1.84 bits per heavy atom. The van der Waals surface area contributed by atoms with Crippen LogP contribution in [0.5, 0.6) is 0 Å². The van der Waals surface area contributed by atoms with Crippen LogP contribution in [0.2, 0.25) is 5.02 Å². The van der Waals surface area contributed by atoms with Crippen molar-refractivity contribution >= 4 is 28.9 Å². The highest BCUT2D eigenvalue weighted by atomic mass is 35.5. The Kier molecular flexibility index (Phi) is 4.95. The lowest BCUT2D eigenvalue weighted by atomic mass is 9.96. The zero-order valence-electron chi connectivity index (χ0n) is 15.4. The highest BCUT2D eigenvalue weighted by Gasteiger charge is 2.18. The topological polar surface area (TPSA) is 55.1 Å². The minimum Gasteiger partial charge on any atom is -0.322 e. The lowest BCUT2D eigenvalue weighted by Gasteiger charge is -2.14. The summed E-state index contributed by atoms with van der Waals surface area (Å²) >= 11 is 6.44. The number of fused-ring (bicyclic) bond motifs is 1. The van der Waals surface area contributed by atoms with Crippen molar-refractivity contribution in [1.29, 1.82) is 0 Å². The number of halogens is 1. The van der Waals surface area contributed by atoms with Gasteiger partial charge in [-0.3, -0.25) is 0 Å². The molecule has 3 aromatic rings.